The normalized spacial score (nSPS) is 16.3. The van der Waals surface area contributed by atoms with Gasteiger partial charge in [-0.3, -0.25) is 4.79 Å². The van der Waals surface area contributed by atoms with Crippen LogP contribution in [0.1, 0.15) is 17.7 Å². The molecule has 1 aliphatic carbocycles. The van der Waals surface area contributed by atoms with Crippen molar-refractivity contribution < 1.29 is 18.7 Å². The molecule has 1 N–H and O–H groups in total. The largest absolute Gasteiger partial charge is 0.480 e. The Hall–Kier alpha value is -3.03. The predicted molar refractivity (Wildman–Crippen MR) is 95.7 cm³/mol. The number of carboxylic acids is 1. The van der Waals surface area contributed by atoms with Gasteiger partial charge in [-0.15, -0.1) is 0 Å². The molecule has 4 rings (SSSR count). The monoisotopic (exact) mass is 372 g/mol. The van der Waals surface area contributed by atoms with Crippen molar-refractivity contribution in [2.24, 2.45) is 0 Å². The molecule has 0 radical (unpaired) electrons. The smallest absolute Gasteiger partial charge is 0.323 e. The molecule has 27 heavy (non-hydrogen) atoms. The average Bonchev–Trinajstić information content (AvgIpc) is 2.94. The Bertz CT molecular complexity index is 1020. The molecule has 8 heteroatoms. The van der Waals surface area contributed by atoms with Gasteiger partial charge in [0.15, 0.2) is 5.82 Å². The molecule has 0 saturated heterocycles. The van der Waals surface area contributed by atoms with Gasteiger partial charge in [0, 0.05) is 29.7 Å². The van der Waals surface area contributed by atoms with E-state index in [1.807, 2.05) is 11.9 Å². The van der Waals surface area contributed by atoms with Gasteiger partial charge in [-0.25, -0.2) is 18.7 Å². The molecule has 0 aliphatic heterocycles. The van der Waals surface area contributed by atoms with Crippen molar-refractivity contribution in [3.8, 4) is 0 Å². The van der Waals surface area contributed by atoms with E-state index in [4.69, 9.17) is 0 Å². The molecule has 2 aromatic heterocycles. The Labute approximate surface area is 154 Å². The highest BCUT2D eigenvalue weighted by Crippen LogP contribution is 2.34. The van der Waals surface area contributed by atoms with Crippen molar-refractivity contribution in [1.82, 2.24) is 14.5 Å². The highest BCUT2D eigenvalue weighted by atomic mass is 19.1. The van der Waals surface area contributed by atoms with E-state index in [2.05, 4.69) is 9.97 Å². The second-order valence-corrected chi connectivity index (χ2v) is 6.78. The van der Waals surface area contributed by atoms with Crippen LogP contribution in [0.15, 0.2) is 30.6 Å². The van der Waals surface area contributed by atoms with Crippen LogP contribution in [0.4, 0.5) is 14.7 Å². The van der Waals surface area contributed by atoms with E-state index in [0.29, 0.717) is 18.8 Å². The number of likely N-dealkylation sites (N-methyl/N-ethyl adjacent to an activating group) is 1. The predicted octanol–water partition coefficient (Wildman–Crippen LogP) is 2.79. The highest BCUT2D eigenvalue weighted by molar-refractivity contribution is 5.87. The van der Waals surface area contributed by atoms with Crippen LogP contribution >= 0.6 is 0 Å². The van der Waals surface area contributed by atoms with Gasteiger partial charge in [0.2, 0.25) is 5.95 Å². The third-order valence-electron chi connectivity index (χ3n) is 5.17. The number of carboxylic acid groups (broad SMARTS) is 1. The second kappa shape index (κ2) is 6.61. The number of nitrogens with zero attached hydrogens (tertiary/aromatic N) is 4. The third kappa shape index (κ3) is 3.11. The van der Waals surface area contributed by atoms with Crippen LogP contribution in [-0.4, -0.2) is 38.7 Å². The molecule has 1 aliphatic rings. The Morgan fingerprint density at radius 3 is 2.74 bits per heavy atom. The van der Waals surface area contributed by atoms with Crippen molar-refractivity contribution in [2.45, 2.75) is 31.8 Å². The van der Waals surface area contributed by atoms with Crippen LogP contribution in [0.5, 0.6) is 0 Å². The number of hydrogen-bond donors (Lipinski definition) is 1. The Morgan fingerprint density at radius 2 is 2.04 bits per heavy atom. The zero-order valence-corrected chi connectivity index (χ0v) is 14.7. The molecule has 0 fully saturated rings. The third-order valence-corrected chi connectivity index (χ3v) is 5.17. The maximum absolute atomic E-state index is 13.8. The molecule has 0 unspecified atom stereocenters. The molecule has 3 aromatic rings. The van der Waals surface area contributed by atoms with Gasteiger partial charge in [0.05, 0.1) is 12.4 Å². The SMILES string of the molecule is CN(c1ncc(F)cn1)[C@@H]1CCc2c(c3cc(F)ccc3n2CC(=O)O)C1. The number of aromatic nitrogens is 3. The summed E-state index contributed by atoms with van der Waals surface area (Å²) in [6.07, 6.45) is 4.29. The molecular weight excluding hydrogens is 354 g/mol. The summed E-state index contributed by atoms with van der Waals surface area (Å²) in [6, 6.07) is 4.49. The summed E-state index contributed by atoms with van der Waals surface area (Å²) in [5.74, 6) is -1.36. The minimum Gasteiger partial charge on any atom is -0.480 e. The fraction of sp³-hybridized carbons (Fsp3) is 0.316. The first-order valence-electron chi connectivity index (χ1n) is 8.65. The number of fused-ring (bicyclic) bond motifs is 3. The Balaban J connectivity index is 1.73. The number of anilines is 1. The molecule has 0 bridgehead atoms. The lowest BCUT2D eigenvalue weighted by Crippen LogP contribution is -2.37. The molecule has 0 spiro atoms. The number of halogens is 2. The van der Waals surface area contributed by atoms with Crippen molar-refractivity contribution in [1.29, 1.82) is 0 Å². The van der Waals surface area contributed by atoms with Crippen molar-refractivity contribution in [2.75, 3.05) is 11.9 Å². The second-order valence-electron chi connectivity index (χ2n) is 6.78. The minimum absolute atomic E-state index is 0.0510. The lowest BCUT2D eigenvalue weighted by atomic mass is 9.90. The topological polar surface area (TPSA) is 71.2 Å². The van der Waals surface area contributed by atoms with E-state index in [1.54, 1.807) is 10.6 Å². The fourth-order valence-electron chi connectivity index (χ4n) is 3.90. The van der Waals surface area contributed by atoms with Gasteiger partial charge in [0.1, 0.15) is 12.4 Å². The van der Waals surface area contributed by atoms with E-state index in [-0.39, 0.29) is 18.4 Å². The Kier molecular flexibility index (Phi) is 4.25. The number of aliphatic carboxylic acids is 1. The van der Waals surface area contributed by atoms with Gasteiger partial charge in [-0.1, -0.05) is 0 Å². The molecule has 0 saturated carbocycles. The van der Waals surface area contributed by atoms with Crippen molar-refractivity contribution in [3.05, 3.63) is 53.5 Å². The maximum Gasteiger partial charge on any atom is 0.323 e. The molecule has 1 aromatic carbocycles. The van der Waals surface area contributed by atoms with Crippen LogP contribution < -0.4 is 4.90 Å². The lowest BCUT2D eigenvalue weighted by Gasteiger charge is -2.32. The van der Waals surface area contributed by atoms with E-state index in [9.17, 15) is 18.7 Å². The summed E-state index contributed by atoms with van der Waals surface area (Å²) in [6.45, 7) is -0.154. The average molecular weight is 372 g/mol. The summed E-state index contributed by atoms with van der Waals surface area (Å²) in [4.78, 5) is 21.2. The van der Waals surface area contributed by atoms with Gasteiger partial charge in [0.25, 0.3) is 0 Å². The van der Waals surface area contributed by atoms with Crippen LogP contribution in [0.2, 0.25) is 0 Å². The zero-order valence-electron chi connectivity index (χ0n) is 14.7. The molecule has 2 heterocycles. The maximum atomic E-state index is 13.8. The van der Waals surface area contributed by atoms with Crippen molar-refractivity contribution >= 4 is 22.8 Å². The van der Waals surface area contributed by atoms with Crippen LogP contribution in [0.3, 0.4) is 0 Å². The quantitative estimate of drug-likeness (QED) is 0.763. The van der Waals surface area contributed by atoms with E-state index >= 15 is 0 Å². The fourth-order valence-corrected chi connectivity index (χ4v) is 3.90. The van der Waals surface area contributed by atoms with E-state index in [1.165, 1.54) is 12.1 Å². The van der Waals surface area contributed by atoms with Gasteiger partial charge in [-0.2, -0.15) is 0 Å². The van der Waals surface area contributed by atoms with Gasteiger partial charge in [-0.05, 0) is 43.0 Å². The van der Waals surface area contributed by atoms with Crippen LogP contribution in [0.25, 0.3) is 10.9 Å². The van der Waals surface area contributed by atoms with E-state index in [0.717, 1.165) is 41.0 Å². The number of carbonyl (C=O) groups is 1. The van der Waals surface area contributed by atoms with Gasteiger partial charge < -0.3 is 14.6 Å². The van der Waals surface area contributed by atoms with Crippen LogP contribution in [-0.2, 0) is 24.2 Å². The highest BCUT2D eigenvalue weighted by Gasteiger charge is 2.29. The lowest BCUT2D eigenvalue weighted by molar-refractivity contribution is -0.137. The van der Waals surface area contributed by atoms with Crippen molar-refractivity contribution in [3.63, 3.8) is 0 Å². The Morgan fingerprint density at radius 1 is 1.30 bits per heavy atom. The van der Waals surface area contributed by atoms with E-state index < -0.39 is 11.8 Å². The summed E-state index contributed by atoms with van der Waals surface area (Å²) >= 11 is 0. The van der Waals surface area contributed by atoms with Crippen LogP contribution in [0, 0.1) is 11.6 Å². The first-order chi connectivity index (χ1) is 12.9. The minimum atomic E-state index is -0.932. The summed E-state index contributed by atoms with van der Waals surface area (Å²) in [5.41, 5.74) is 2.61. The molecule has 1 atom stereocenters. The summed E-state index contributed by atoms with van der Waals surface area (Å²) < 4.78 is 28.7. The molecule has 6 nitrogen and oxygen atoms in total. The molecule has 140 valence electrons. The molecular formula is C19H18F2N4O2. The number of rotatable bonds is 4. The summed E-state index contributed by atoms with van der Waals surface area (Å²) in [5, 5.41) is 10.0. The zero-order chi connectivity index (χ0) is 19.1. The standard InChI is InChI=1S/C19H18F2N4O2/c1-24(19-22-8-12(21)9-23-19)13-3-5-17-15(7-13)14-6-11(20)2-4-16(14)25(17)10-18(26)27/h2,4,6,8-9,13H,3,5,7,10H2,1H3,(H,26,27)/t13-/m1/s1. The molecule has 0 amide bonds. The first-order valence-corrected chi connectivity index (χ1v) is 8.65. The van der Waals surface area contributed by atoms with Gasteiger partial charge >= 0.3 is 5.97 Å². The first kappa shape index (κ1) is 17.4. The summed E-state index contributed by atoms with van der Waals surface area (Å²) in [7, 11) is 1.85. The number of hydrogen-bond acceptors (Lipinski definition) is 4. The number of benzene rings is 1.